The summed E-state index contributed by atoms with van der Waals surface area (Å²) in [5.74, 6) is -1.58. The second-order valence-electron chi connectivity index (χ2n) is 5.45. The average Bonchev–Trinajstić information content (AvgIpc) is 2.32. The number of carbonyl (C=O) groups excluding carboxylic acids is 2. The molecular formula is C14H24N2O4. The molecule has 0 bridgehead atoms. The Morgan fingerprint density at radius 1 is 1.05 bits per heavy atom. The molecule has 0 aromatic carbocycles. The molecule has 20 heavy (non-hydrogen) atoms. The predicted octanol–water partition coefficient (Wildman–Crippen LogP) is 2.01. The molecule has 0 spiro atoms. The first-order valence-electron chi connectivity index (χ1n) is 6.60. The number of carboxylic acid groups (broad SMARTS) is 1. The first kappa shape index (κ1) is 18.1. The highest BCUT2D eigenvalue weighted by Gasteiger charge is 2.21. The number of aliphatic carboxylic acids is 1. The first-order chi connectivity index (χ1) is 9.07. The van der Waals surface area contributed by atoms with E-state index in [9.17, 15) is 14.4 Å². The number of nitrogens with zero attached hydrogens (tertiary/aromatic N) is 1. The minimum atomic E-state index is -1.17. The van der Waals surface area contributed by atoms with E-state index in [2.05, 4.69) is 5.32 Å². The van der Waals surface area contributed by atoms with Crippen molar-refractivity contribution in [1.29, 1.82) is 0 Å². The lowest BCUT2D eigenvalue weighted by Gasteiger charge is -2.28. The van der Waals surface area contributed by atoms with Crippen molar-refractivity contribution in [3.05, 3.63) is 11.1 Å². The summed E-state index contributed by atoms with van der Waals surface area (Å²) in [6, 6.07) is -0.550. The van der Waals surface area contributed by atoms with Crippen LogP contribution in [0.5, 0.6) is 0 Å². The zero-order valence-electron chi connectivity index (χ0n) is 13.0. The molecule has 0 aliphatic carbocycles. The number of carbonyl (C=O) groups is 3. The van der Waals surface area contributed by atoms with E-state index in [1.54, 1.807) is 4.90 Å². The largest absolute Gasteiger partial charge is 0.478 e. The Morgan fingerprint density at radius 3 is 1.90 bits per heavy atom. The fourth-order valence-corrected chi connectivity index (χ4v) is 1.52. The van der Waals surface area contributed by atoms with Crippen LogP contribution in [0.3, 0.4) is 0 Å². The van der Waals surface area contributed by atoms with Gasteiger partial charge < -0.3 is 10.0 Å². The summed E-state index contributed by atoms with van der Waals surface area (Å²) < 4.78 is 0. The topological polar surface area (TPSA) is 86.7 Å². The molecule has 0 saturated carbocycles. The Balaban J connectivity index is 4.94. The van der Waals surface area contributed by atoms with Gasteiger partial charge in [0.25, 0.3) is 5.91 Å². The van der Waals surface area contributed by atoms with Gasteiger partial charge in [-0.15, -0.1) is 0 Å². The summed E-state index contributed by atoms with van der Waals surface area (Å²) in [5.41, 5.74) is -0.0469. The molecule has 0 aliphatic rings. The maximum Gasteiger partial charge on any atom is 0.331 e. The van der Waals surface area contributed by atoms with E-state index >= 15 is 0 Å². The van der Waals surface area contributed by atoms with Gasteiger partial charge in [0.1, 0.15) is 0 Å². The van der Waals surface area contributed by atoms with Crippen LogP contribution in [0.2, 0.25) is 0 Å². The van der Waals surface area contributed by atoms with Crippen LogP contribution in [0.25, 0.3) is 0 Å². The molecule has 0 fully saturated rings. The Hall–Kier alpha value is -1.85. The molecule has 0 radical (unpaired) electrons. The van der Waals surface area contributed by atoms with Gasteiger partial charge in [-0.25, -0.2) is 9.59 Å². The van der Waals surface area contributed by atoms with Crippen molar-refractivity contribution >= 4 is 17.9 Å². The normalized spacial score (nSPS) is 12.2. The third kappa shape index (κ3) is 5.42. The van der Waals surface area contributed by atoms with E-state index in [1.165, 1.54) is 13.8 Å². The summed E-state index contributed by atoms with van der Waals surface area (Å²) in [7, 11) is 0. The smallest absolute Gasteiger partial charge is 0.331 e. The molecule has 0 heterocycles. The first-order valence-corrected chi connectivity index (χ1v) is 6.60. The number of hydrogen-bond donors (Lipinski definition) is 2. The van der Waals surface area contributed by atoms with Crippen LogP contribution in [-0.4, -0.2) is 40.5 Å². The fraction of sp³-hybridized carbons (Fsp3) is 0.643. The van der Waals surface area contributed by atoms with E-state index in [-0.39, 0.29) is 23.1 Å². The molecule has 114 valence electrons. The van der Waals surface area contributed by atoms with E-state index in [0.717, 1.165) is 0 Å². The lowest BCUT2D eigenvalue weighted by atomic mass is 10.1. The Labute approximate surface area is 119 Å². The zero-order valence-corrected chi connectivity index (χ0v) is 13.0. The predicted molar refractivity (Wildman–Crippen MR) is 76.2 cm³/mol. The summed E-state index contributed by atoms with van der Waals surface area (Å²) in [4.78, 5) is 36.2. The minimum Gasteiger partial charge on any atom is -0.478 e. The van der Waals surface area contributed by atoms with E-state index in [4.69, 9.17) is 5.11 Å². The standard InChI is InChI=1S/C14H24N2O4/c1-8(2)7-16(9(3)4)14(20)15-12(17)10(5)11(6)13(18)19/h8-9H,7H2,1-6H3,(H,18,19)(H,15,17,20). The van der Waals surface area contributed by atoms with Crippen LogP contribution in [0, 0.1) is 5.92 Å². The van der Waals surface area contributed by atoms with Crippen LogP contribution in [0.1, 0.15) is 41.5 Å². The SMILES string of the molecule is CC(C(=O)O)=C(C)C(=O)NC(=O)N(CC(C)C)C(C)C. The Morgan fingerprint density at radius 2 is 1.55 bits per heavy atom. The molecule has 6 heteroatoms. The number of urea groups is 1. The maximum atomic E-state index is 12.1. The van der Waals surface area contributed by atoms with Crippen LogP contribution < -0.4 is 5.32 Å². The van der Waals surface area contributed by atoms with Gasteiger partial charge in [0.05, 0.1) is 0 Å². The van der Waals surface area contributed by atoms with Crippen molar-refractivity contribution in [2.45, 2.75) is 47.6 Å². The van der Waals surface area contributed by atoms with Crippen LogP contribution in [0.15, 0.2) is 11.1 Å². The van der Waals surface area contributed by atoms with Gasteiger partial charge >= 0.3 is 12.0 Å². The third-order valence-corrected chi connectivity index (χ3v) is 2.89. The van der Waals surface area contributed by atoms with Crippen molar-refractivity contribution < 1.29 is 19.5 Å². The highest BCUT2D eigenvalue weighted by molar-refractivity contribution is 6.07. The van der Waals surface area contributed by atoms with Gasteiger partial charge in [0.2, 0.25) is 0 Å². The summed E-state index contributed by atoms with van der Waals surface area (Å²) in [6.07, 6.45) is 0. The number of amides is 3. The highest BCUT2D eigenvalue weighted by Crippen LogP contribution is 2.07. The zero-order chi connectivity index (χ0) is 16.0. The van der Waals surface area contributed by atoms with E-state index in [0.29, 0.717) is 6.54 Å². The number of nitrogens with one attached hydrogen (secondary N) is 1. The second kappa shape index (κ2) is 7.67. The minimum absolute atomic E-state index is 0.0269. The van der Waals surface area contributed by atoms with E-state index < -0.39 is 17.9 Å². The number of rotatable bonds is 5. The van der Waals surface area contributed by atoms with Crippen LogP contribution in [-0.2, 0) is 9.59 Å². The lowest BCUT2D eigenvalue weighted by molar-refractivity contribution is -0.133. The summed E-state index contributed by atoms with van der Waals surface area (Å²) in [5, 5.41) is 11.0. The second-order valence-corrected chi connectivity index (χ2v) is 5.45. The van der Waals surface area contributed by atoms with Gasteiger partial charge in [0.15, 0.2) is 0 Å². The summed E-state index contributed by atoms with van der Waals surface area (Å²) in [6.45, 7) is 10.9. The van der Waals surface area contributed by atoms with Gasteiger partial charge in [-0.3, -0.25) is 10.1 Å². The van der Waals surface area contributed by atoms with Crippen molar-refractivity contribution in [2.75, 3.05) is 6.54 Å². The molecule has 0 saturated heterocycles. The molecule has 0 rings (SSSR count). The monoisotopic (exact) mass is 284 g/mol. The quantitative estimate of drug-likeness (QED) is 0.756. The average molecular weight is 284 g/mol. The molecule has 0 aliphatic heterocycles. The Kier molecular flexibility index (Phi) is 6.96. The fourth-order valence-electron chi connectivity index (χ4n) is 1.52. The van der Waals surface area contributed by atoms with E-state index in [1.807, 2.05) is 27.7 Å². The van der Waals surface area contributed by atoms with Crippen LogP contribution in [0.4, 0.5) is 4.79 Å². The molecule has 0 aromatic rings. The lowest BCUT2D eigenvalue weighted by Crippen LogP contribution is -2.48. The number of imide groups is 1. The molecule has 0 atom stereocenters. The molecular weight excluding hydrogens is 260 g/mol. The van der Waals surface area contributed by atoms with Gasteiger partial charge in [-0.05, 0) is 33.6 Å². The van der Waals surface area contributed by atoms with Crippen LogP contribution >= 0.6 is 0 Å². The molecule has 3 amide bonds. The van der Waals surface area contributed by atoms with Crippen molar-refractivity contribution in [3.63, 3.8) is 0 Å². The van der Waals surface area contributed by atoms with Gasteiger partial charge in [0, 0.05) is 23.7 Å². The maximum absolute atomic E-state index is 12.1. The highest BCUT2D eigenvalue weighted by atomic mass is 16.4. The molecule has 0 aromatic heterocycles. The molecule has 2 N–H and O–H groups in total. The Bertz CT molecular complexity index is 425. The summed E-state index contributed by atoms with van der Waals surface area (Å²) >= 11 is 0. The van der Waals surface area contributed by atoms with Crippen molar-refractivity contribution in [2.24, 2.45) is 5.92 Å². The van der Waals surface area contributed by atoms with Gasteiger partial charge in [-0.2, -0.15) is 0 Å². The molecule has 6 nitrogen and oxygen atoms in total. The number of hydrogen-bond acceptors (Lipinski definition) is 3. The van der Waals surface area contributed by atoms with Crippen molar-refractivity contribution in [3.8, 4) is 0 Å². The number of carboxylic acids is 1. The molecule has 0 unspecified atom stereocenters. The third-order valence-electron chi connectivity index (χ3n) is 2.89. The van der Waals surface area contributed by atoms with Crippen molar-refractivity contribution in [1.82, 2.24) is 10.2 Å². The van der Waals surface area contributed by atoms with Gasteiger partial charge in [-0.1, -0.05) is 13.8 Å².